The maximum Gasteiger partial charge on any atom is 0.191 e. The fraction of sp³-hybridized carbons (Fsp3) is 0.667. The van der Waals surface area contributed by atoms with Gasteiger partial charge in [0.05, 0.1) is 24.8 Å². The highest BCUT2D eigenvalue weighted by Gasteiger charge is 2.09. The van der Waals surface area contributed by atoms with Crippen LogP contribution in [0.2, 0.25) is 10.2 Å². The summed E-state index contributed by atoms with van der Waals surface area (Å²) in [4.78, 5) is 4.19. The highest BCUT2D eigenvalue weighted by atomic mass is 35.5. The Morgan fingerprint density at radius 1 is 1.22 bits per heavy atom. The molecule has 2 N–H and O–H groups in total. The van der Waals surface area contributed by atoms with Crippen molar-refractivity contribution in [3.8, 4) is 0 Å². The third-order valence-electron chi connectivity index (χ3n) is 3.32. The van der Waals surface area contributed by atoms with E-state index >= 15 is 0 Å². The van der Waals surface area contributed by atoms with Crippen molar-refractivity contribution in [2.45, 2.75) is 19.4 Å². The Balaban J connectivity index is 2.18. The zero-order valence-corrected chi connectivity index (χ0v) is 15.5. The minimum Gasteiger partial charge on any atom is -0.382 e. The number of hydrogen-bond donors (Lipinski definition) is 2. The van der Waals surface area contributed by atoms with Gasteiger partial charge >= 0.3 is 0 Å². The van der Waals surface area contributed by atoms with Crippen molar-refractivity contribution in [2.24, 2.45) is 12.0 Å². The summed E-state index contributed by atoms with van der Waals surface area (Å²) in [6.45, 7) is 3.47. The van der Waals surface area contributed by atoms with Gasteiger partial charge in [0.1, 0.15) is 5.15 Å². The van der Waals surface area contributed by atoms with Crippen molar-refractivity contribution in [1.82, 2.24) is 15.2 Å². The molecule has 1 rings (SSSR count). The Hall–Kier alpha value is -0.950. The van der Waals surface area contributed by atoms with Crippen LogP contribution in [0.5, 0.6) is 0 Å². The van der Waals surface area contributed by atoms with Crippen LogP contribution in [-0.2, 0) is 23.1 Å². The fourth-order valence-electron chi connectivity index (χ4n) is 1.93. The maximum absolute atomic E-state index is 6.05. The third-order valence-corrected chi connectivity index (χ3v) is 4.16. The topological polar surface area (TPSA) is 59.8 Å². The van der Waals surface area contributed by atoms with Crippen molar-refractivity contribution < 1.29 is 9.47 Å². The first-order chi connectivity index (χ1) is 11.1. The van der Waals surface area contributed by atoms with Crippen LogP contribution < -0.4 is 10.6 Å². The summed E-state index contributed by atoms with van der Waals surface area (Å²) in [6, 6.07) is 1.85. The number of methoxy groups -OCH3 is 1. The number of nitrogens with one attached hydrogen (secondary N) is 2. The van der Waals surface area contributed by atoms with Crippen LogP contribution >= 0.6 is 23.2 Å². The van der Waals surface area contributed by atoms with E-state index in [9.17, 15) is 0 Å². The molecule has 1 aromatic rings. The van der Waals surface area contributed by atoms with Gasteiger partial charge in [0.15, 0.2) is 5.96 Å². The highest BCUT2D eigenvalue weighted by Crippen LogP contribution is 2.24. The quantitative estimate of drug-likeness (QED) is 0.380. The van der Waals surface area contributed by atoms with Crippen LogP contribution in [-0.4, -0.2) is 51.0 Å². The number of unbranched alkanes of at least 4 members (excludes halogenated alkanes) is 1. The number of aliphatic imine (C=N–C) groups is 1. The Kier molecular flexibility index (Phi) is 10.1. The van der Waals surface area contributed by atoms with Crippen LogP contribution in [0.15, 0.2) is 11.1 Å². The van der Waals surface area contributed by atoms with Crippen LogP contribution in [0.4, 0.5) is 0 Å². The van der Waals surface area contributed by atoms with E-state index in [4.69, 9.17) is 32.7 Å². The molecule has 0 aliphatic carbocycles. The molecule has 8 heteroatoms. The molecule has 23 heavy (non-hydrogen) atoms. The second-order valence-corrected chi connectivity index (χ2v) is 5.76. The molecule has 1 heterocycles. The smallest absolute Gasteiger partial charge is 0.191 e. The minimum absolute atomic E-state index is 0.542. The van der Waals surface area contributed by atoms with Gasteiger partial charge in [-0.3, -0.25) is 4.99 Å². The van der Waals surface area contributed by atoms with Gasteiger partial charge in [-0.15, -0.1) is 0 Å². The number of rotatable bonds is 10. The van der Waals surface area contributed by atoms with Gasteiger partial charge in [-0.05, 0) is 18.9 Å². The minimum atomic E-state index is 0.542. The SMILES string of the molecule is CN=C(NCCCCOCCOC)NCc1cc(Cl)c(Cl)n1C. The second-order valence-electron chi connectivity index (χ2n) is 5.00. The Morgan fingerprint density at radius 2 is 2.00 bits per heavy atom. The molecule has 132 valence electrons. The molecule has 0 spiro atoms. The summed E-state index contributed by atoms with van der Waals surface area (Å²) in [5.41, 5.74) is 0.995. The molecule has 0 bridgehead atoms. The molecule has 0 amide bonds. The van der Waals surface area contributed by atoms with Crippen molar-refractivity contribution >= 4 is 29.2 Å². The molecule has 0 atom stereocenters. The largest absolute Gasteiger partial charge is 0.382 e. The maximum atomic E-state index is 6.05. The lowest BCUT2D eigenvalue weighted by atomic mass is 10.3. The predicted octanol–water partition coefficient (Wildman–Crippen LogP) is 2.44. The van der Waals surface area contributed by atoms with Gasteiger partial charge in [0.25, 0.3) is 0 Å². The number of ether oxygens (including phenoxy) is 2. The van der Waals surface area contributed by atoms with E-state index < -0.39 is 0 Å². The zero-order valence-electron chi connectivity index (χ0n) is 14.0. The van der Waals surface area contributed by atoms with Crippen LogP contribution in [0.3, 0.4) is 0 Å². The highest BCUT2D eigenvalue weighted by molar-refractivity contribution is 6.41. The van der Waals surface area contributed by atoms with Crippen molar-refractivity contribution in [1.29, 1.82) is 0 Å². The van der Waals surface area contributed by atoms with Gasteiger partial charge < -0.3 is 24.7 Å². The molecule has 0 unspecified atom stereocenters. The van der Waals surface area contributed by atoms with Gasteiger partial charge in [0, 0.05) is 40.1 Å². The summed E-state index contributed by atoms with van der Waals surface area (Å²) in [6.07, 6.45) is 2.01. The molecule has 6 nitrogen and oxygen atoms in total. The van der Waals surface area contributed by atoms with Crippen molar-refractivity contribution in [2.75, 3.05) is 40.5 Å². The fourth-order valence-corrected chi connectivity index (χ4v) is 2.35. The number of guanidine groups is 1. The van der Waals surface area contributed by atoms with Crippen LogP contribution in [0, 0.1) is 0 Å². The van der Waals surface area contributed by atoms with Crippen molar-refractivity contribution in [3.05, 3.63) is 21.9 Å². The molecule has 0 saturated heterocycles. The summed E-state index contributed by atoms with van der Waals surface area (Å²) in [5, 5.41) is 7.60. The normalized spacial score (nSPS) is 11.8. The molecule has 0 aromatic carbocycles. The summed E-state index contributed by atoms with van der Waals surface area (Å²) in [7, 11) is 5.29. The van der Waals surface area contributed by atoms with Crippen LogP contribution in [0.25, 0.3) is 0 Å². The van der Waals surface area contributed by atoms with E-state index in [1.54, 1.807) is 14.2 Å². The van der Waals surface area contributed by atoms with Crippen molar-refractivity contribution in [3.63, 3.8) is 0 Å². The van der Waals surface area contributed by atoms with E-state index in [0.717, 1.165) is 37.6 Å². The van der Waals surface area contributed by atoms with Crippen LogP contribution in [0.1, 0.15) is 18.5 Å². The molecule has 0 aliphatic rings. The Bertz CT molecular complexity index is 492. The van der Waals surface area contributed by atoms with E-state index in [0.29, 0.717) is 29.9 Å². The zero-order chi connectivity index (χ0) is 17.1. The lowest BCUT2D eigenvalue weighted by Crippen LogP contribution is -2.37. The number of nitrogens with zero attached hydrogens (tertiary/aromatic N) is 2. The van der Waals surface area contributed by atoms with Gasteiger partial charge in [-0.1, -0.05) is 23.2 Å². The standard InChI is InChI=1S/C15H26Cl2N4O2/c1-18-15(19-6-4-5-7-23-9-8-22-3)20-11-12-10-13(16)14(17)21(12)2/h10H,4-9,11H2,1-3H3,(H2,18,19,20). The van der Waals surface area contributed by atoms with E-state index in [1.165, 1.54) is 0 Å². The number of aromatic nitrogens is 1. The monoisotopic (exact) mass is 364 g/mol. The second kappa shape index (κ2) is 11.6. The lowest BCUT2D eigenvalue weighted by Gasteiger charge is -2.12. The summed E-state index contributed by atoms with van der Waals surface area (Å²) < 4.78 is 12.2. The molecule has 0 fully saturated rings. The Morgan fingerprint density at radius 3 is 2.61 bits per heavy atom. The average molecular weight is 365 g/mol. The van der Waals surface area contributed by atoms with Gasteiger partial charge in [-0.2, -0.15) is 0 Å². The molecular formula is C15H26Cl2N4O2. The molecular weight excluding hydrogens is 339 g/mol. The van der Waals surface area contributed by atoms with E-state index in [2.05, 4.69) is 15.6 Å². The average Bonchev–Trinajstić information content (AvgIpc) is 2.80. The summed E-state index contributed by atoms with van der Waals surface area (Å²) in [5.74, 6) is 0.749. The van der Waals surface area contributed by atoms with Gasteiger partial charge in [-0.25, -0.2) is 0 Å². The molecule has 0 radical (unpaired) electrons. The summed E-state index contributed by atoms with van der Waals surface area (Å²) >= 11 is 12.1. The molecule has 0 saturated carbocycles. The lowest BCUT2D eigenvalue weighted by molar-refractivity contribution is 0.0689. The first-order valence-electron chi connectivity index (χ1n) is 7.61. The molecule has 1 aromatic heterocycles. The third kappa shape index (κ3) is 7.44. The number of hydrogen-bond acceptors (Lipinski definition) is 3. The first-order valence-corrected chi connectivity index (χ1v) is 8.36. The van der Waals surface area contributed by atoms with Gasteiger partial charge in [0.2, 0.25) is 0 Å². The molecule has 0 aliphatic heterocycles. The van der Waals surface area contributed by atoms with E-state index in [1.807, 2.05) is 17.7 Å². The number of halogens is 2. The predicted molar refractivity (Wildman–Crippen MR) is 95.6 cm³/mol. The Labute approximate surface area is 148 Å². The van der Waals surface area contributed by atoms with E-state index in [-0.39, 0.29) is 0 Å². The first kappa shape index (κ1) is 20.1.